The summed E-state index contributed by atoms with van der Waals surface area (Å²) in [5, 5.41) is 15.7. The molecule has 0 aromatic heterocycles. The standard InChI is InChI=1S/C38H33Cl3N2O3S/c1-47-37-31(40)28(29(38(44)45)30(39)32(37)41)27-23-12-11-21-22-9-5-15-43-14-4-8-20(33(22)43)17-25(21)35(23)46-36-24-10-6-16-42-13-3-2-7-19(34(24)42)18-26(27)36/h11-12,17-18H,2-10,13-16H2,1H3/p+1. The molecule has 0 aliphatic carbocycles. The lowest BCUT2D eigenvalue weighted by atomic mass is 9.83. The molecule has 4 aromatic rings. The smallest absolute Gasteiger partial charge is 0.337 e. The highest BCUT2D eigenvalue weighted by Crippen LogP contribution is 2.51. The maximum Gasteiger partial charge on any atom is 0.337 e. The molecule has 5 aliphatic rings. The first-order valence-corrected chi connectivity index (χ1v) is 19.1. The largest absolute Gasteiger partial charge is 0.478 e. The highest BCUT2D eigenvalue weighted by molar-refractivity contribution is 7.98. The molecule has 5 nitrogen and oxygen atoms in total. The van der Waals surface area contributed by atoms with Crippen molar-refractivity contribution in [3.63, 3.8) is 0 Å². The molecule has 0 spiro atoms. The maximum atomic E-state index is 13.1. The quantitative estimate of drug-likeness (QED) is 0.117. The van der Waals surface area contributed by atoms with Gasteiger partial charge in [0.15, 0.2) is 0 Å². The molecule has 240 valence electrons. The second kappa shape index (κ2) is 11.3. The van der Waals surface area contributed by atoms with E-state index in [1.807, 2.05) is 6.26 Å². The van der Waals surface area contributed by atoms with Crippen LogP contribution in [0.5, 0.6) is 11.5 Å². The molecule has 4 aromatic carbocycles. The Hall–Kier alpha value is -2.90. The Kier molecular flexibility index (Phi) is 7.28. The van der Waals surface area contributed by atoms with E-state index in [-0.39, 0.29) is 15.6 Å². The van der Waals surface area contributed by atoms with Gasteiger partial charge in [-0.3, -0.25) is 0 Å². The lowest BCUT2D eigenvalue weighted by molar-refractivity contribution is 0.0696. The minimum absolute atomic E-state index is 0.00617. The highest BCUT2D eigenvalue weighted by atomic mass is 35.5. The van der Waals surface area contributed by atoms with Crippen LogP contribution in [0, 0.1) is 0 Å². The van der Waals surface area contributed by atoms with Crippen LogP contribution in [0.2, 0.25) is 15.1 Å². The number of nitrogens with zero attached hydrogens (tertiary/aromatic N) is 2. The summed E-state index contributed by atoms with van der Waals surface area (Å²) < 4.78 is 9.76. The average Bonchev–Trinajstić information content (AvgIpc) is 3.29. The molecule has 9 heteroatoms. The Morgan fingerprint density at radius 1 is 0.851 bits per heavy atom. The number of rotatable bonds is 3. The van der Waals surface area contributed by atoms with Gasteiger partial charge < -0.3 is 14.7 Å². The summed E-state index contributed by atoms with van der Waals surface area (Å²) >= 11 is 22.2. The van der Waals surface area contributed by atoms with Gasteiger partial charge in [0.1, 0.15) is 24.6 Å². The van der Waals surface area contributed by atoms with Gasteiger partial charge in [0, 0.05) is 69.4 Å². The molecule has 5 aliphatic heterocycles. The Morgan fingerprint density at radius 2 is 1.62 bits per heavy atom. The molecule has 0 unspecified atom stereocenters. The van der Waals surface area contributed by atoms with Crippen LogP contribution in [-0.4, -0.2) is 43.5 Å². The van der Waals surface area contributed by atoms with E-state index < -0.39 is 5.97 Å². The first-order valence-electron chi connectivity index (χ1n) is 16.7. The minimum Gasteiger partial charge on any atom is -0.478 e. The summed E-state index contributed by atoms with van der Waals surface area (Å²) in [5.74, 6) is 0.436. The van der Waals surface area contributed by atoms with E-state index in [0.717, 1.165) is 117 Å². The number of anilines is 1. The summed E-state index contributed by atoms with van der Waals surface area (Å²) in [7, 11) is 0. The second-order valence-corrected chi connectivity index (χ2v) is 15.3. The van der Waals surface area contributed by atoms with E-state index in [4.69, 9.17) is 39.5 Å². The van der Waals surface area contributed by atoms with Crippen molar-refractivity contribution in [2.45, 2.75) is 62.7 Å². The van der Waals surface area contributed by atoms with Crippen LogP contribution in [-0.2, 0) is 25.7 Å². The molecule has 0 fully saturated rings. The van der Waals surface area contributed by atoms with Crippen LogP contribution >= 0.6 is 46.6 Å². The van der Waals surface area contributed by atoms with Gasteiger partial charge in [-0.1, -0.05) is 40.9 Å². The van der Waals surface area contributed by atoms with E-state index in [1.54, 1.807) is 0 Å². The third-order valence-electron chi connectivity index (χ3n) is 10.9. The Morgan fingerprint density at radius 3 is 2.43 bits per heavy atom. The fourth-order valence-corrected chi connectivity index (χ4v) is 10.9. The van der Waals surface area contributed by atoms with Gasteiger partial charge in [-0.2, -0.15) is 0 Å². The predicted molar refractivity (Wildman–Crippen MR) is 193 cm³/mol. The molecule has 0 atom stereocenters. The summed E-state index contributed by atoms with van der Waals surface area (Å²) in [4.78, 5) is 16.2. The summed E-state index contributed by atoms with van der Waals surface area (Å²) in [6.45, 7) is 4.29. The molecular formula is C38H34Cl3N2O3S+. The second-order valence-electron chi connectivity index (χ2n) is 13.4. The monoisotopic (exact) mass is 703 g/mol. The lowest BCUT2D eigenvalue weighted by Crippen LogP contribution is -2.41. The molecule has 5 heterocycles. The molecule has 0 saturated heterocycles. The third kappa shape index (κ3) is 4.37. The van der Waals surface area contributed by atoms with Gasteiger partial charge in [0.05, 0.1) is 26.2 Å². The van der Waals surface area contributed by atoms with Gasteiger partial charge in [0.25, 0.3) is 0 Å². The van der Waals surface area contributed by atoms with E-state index >= 15 is 0 Å². The number of aromatic carboxylic acids is 1. The summed E-state index contributed by atoms with van der Waals surface area (Å²) in [6.07, 6.45) is 11.4. The molecule has 9 rings (SSSR count). The maximum absolute atomic E-state index is 13.1. The zero-order valence-electron chi connectivity index (χ0n) is 26.2. The van der Waals surface area contributed by atoms with E-state index in [0.29, 0.717) is 15.5 Å². The minimum atomic E-state index is -1.16. The van der Waals surface area contributed by atoms with Crippen LogP contribution in [0.4, 0.5) is 5.69 Å². The number of carboxylic acids is 1. The molecule has 0 saturated carbocycles. The third-order valence-corrected chi connectivity index (χ3v) is 13.2. The topological polar surface area (TPSA) is 52.8 Å². The number of aryl methyl sites for hydroxylation is 3. The van der Waals surface area contributed by atoms with E-state index in [2.05, 4.69) is 33.7 Å². The number of benzene rings is 4. The van der Waals surface area contributed by atoms with Crippen molar-refractivity contribution in [1.82, 2.24) is 4.58 Å². The van der Waals surface area contributed by atoms with Gasteiger partial charge >= 0.3 is 5.97 Å². The van der Waals surface area contributed by atoms with E-state index in [1.165, 1.54) is 50.4 Å². The van der Waals surface area contributed by atoms with E-state index in [9.17, 15) is 9.90 Å². The SMILES string of the molecule is CSc1c(Cl)c(Cl)c(C(=O)O)c(C2=c3cc4c5c(c3Oc3c2ccc2c6c7c(cc32)CCCN7CCC6)CCC[N+]=5CCCC4)c1Cl. The number of hydrogen-bond donors (Lipinski definition) is 1. The fourth-order valence-electron chi connectivity index (χ4n) is 9.02. The summed E-state index contributed by atoms with van der Waals surface area (Å²) in [5.41, 5.74) is 8.62. The van der Waals surface area contributed by atoms with Crippen LogP contribution in [0.25, 0.3) is 16.3 Å². The van der Waals surface area contributed by atoms with Crippen molar-refractivity contribution in [2.24, 2.45) is 0 Å². The number of fused-ring (bicyclic) bond motifs is 6. The Labute approximate surface area is 292 Å². The molecular weight excluding hydrogens is 671 g/mol. The normalized spacial score (nSPS) is 17.8. The number of ether oxygens (including phenoxy) is 1. The first-order chi connectivity index (χ1) is 22.9. The van der Waals surface area contributed by atoms with Crippen molar-refractivity contribution in [3.8, 4) is 11.5 Å². The van der Waals surface area contributed by atoms with Crippen molar-refractivity contribution >= 4 is 74.6 Å². The van der Waals surface area contributed by atoms with Crippen LogP contribution < -0.4 is 24.8 Å². The fraction of sp³-hybridized carbons (Fsp3) is 0.368. The Bertz CT molecular complexity index is 2230. The highest BCUT2D eigenvalue weighted by Gasteiger charge is 2.36. The molecule has 0 amide bonds. The van der Waals surface area contributed by atoms with Crippen LogP contribution in [0.3, 0.4) is 0 Å². The van der Waals surface area contributed by atoms with Crippen molar-refractivity contribution in [3.05, 3.63) is 88.9 Å². The number of thioether (sulfide) groups is 1. The number of halogens is 3. The number of hydrogen-bond acceptors (Lipinski definition) is 4. The Balaban J connectivity index is 1.47. The molecule has 0 bridgehead atoms. The van der Waals surface area contributed by atoms with Crippen LogP contribution in [0.15, 0.2) is 29.2 Å². The van der Waals surface area contributed by atoms with Crippen molar-refractivity contribution in [1.29, 1.82) is 0 Å². The number of carbonyl (C=O) groups is 1. The van der Waals surface area contributed by atoms with Gasteiger partial charge in [-0.15, -0.1) is 11.8 Å². The first kappa shape index (κ1) is 30.2. The predicted octanol–water partition coefficient (Wildman–Crippen LogP) is 8.05. The van der Waals surface area contributed by atoms with Gasteiger partial charge in [0.2, 0.25) is 5.36 Å². The van der Waals surface area contributed by atoms with Gasteiger partial charge in [-0.05, 0) is 85.9 Å². The number of carboxylic acid groups (broad SMARTS) is 1. The zero-order chi connectivity index (χ0) is 32.1. The zero-order valence-corrected chi connectivity index (χ0v) is 29.3. The van der Waals surface area contributed by atoms with Gasteiger partial charge in [-0.25, -0.2) is 9.37 Å². The average molecular weight is 705 g/mol. The lowest BCUT2D eigenvalue weighted by Gasteiger charge is -2.38. The van der Waals surface area contributed by atoms with Crippen molar-refractivity contribution in [2.75, 3.05) is 37.3 Å². The molecule has 0 radical (unpaired) electrons. The van der Waals surface area contributed by atoms with Crippen molar-refractivity contribution < 1.29 is 14.6 Å². The molecule has 47 heavy (non-hydrogen) atoms. The van der Waals surface area contributed by atoms with Crippen LogP contribution in [0.1, 0.15) is 75.8 Å². The summed E-state index contributed by atoms with van der Waals surface area (Å²) in [6, 6.07) is 8.93. The molecule has 1 N–H and O–H groups in total.